The molecular weight excluding hydrogens is 378 g/mol. The predicted molar refractivity (Wildman–Crippen MR) is 113 cm³/mol. The first-order valence-electron chi connectivity index (χ1n) is 9.40. The summed E-state index contributed by atoms with van der Waals surface area (Å²) in [6.45, 7) is 0. The van der Waals surface area contributed by atoms with Crippen LogP contribution in [0.25, 0.3) is 22.8 Å². The number of nitrogens with zero attached hydrogens (tertiary/aromatic N) is 4. The van der Waals surface area contributed by atoms with E-state index in [1.54, 1.807) is 46.1 Å². The maximum Gasteiger partial charge on any atom is 0.275 e. The van der Waals surface area contributed by atoms with Crippen LogP contribution in [0.2, 0.25) is 0 Å². The molecule has 5 rings (SSSR count). The Bertz CT molecular complexity index is 1270. The Morgan fingerprint density at radius 1 is 0.833 bits per heavy atom. The highest BCUT2D eigenvalue weighted by molar-refractivity contribution is 6.03. The quantitative estimate of drug-likeness (QED) is 0.473. The largest absolute Gasteiger partial charge is 0.463 e. The summed E-state index contributed by atoms with van der Waals surface area (Å²) < 4.78 is 8.76. The van der Waals surface area contributed by atoms with E-state index in [4.69, 9.17) is 4.42 Å². The van der Waals surface area contributed by atoms with E-state index in [-0.39, 0.29) is 5.91 Å². The number of anilines is 1. The Kier molecular flexibility index (Phi) is 4.46. The molecule has 0 bridgehead atoms. The summed E-state index contributed by atoms with van der Waals surface area (Å²) in [4.78, 5) is 13.1. The van der Waals surface area contributed by atoms with E-state index in [0.717, 1.165) is 11.4 Å². The number of amides is 1. The van der Waals surface area contributed by atoms with E-state index in [2.05, 4.69) is 15.5 Å². The number of para-hydroxylation sites is 2. The highest BCUT2D eigenvalue weighted by atomic mass is 16.3. The molecule has 0 unspecified atom stereocenters. The van der Waals surface area contributed by atoms with Crippen molar-refractivity contribution in [3.8, 4) is 22.8 Å². The zero-order chi connectivity index (χ0) is 20.3. The van der Waals surface area contributed by atoms with Crippen molar-refractivity contribution >= 4 is 11.7 Å². The molecular formula is C23H17N5O2. The standard InChI is InChI=1S/C23H17N5O2/c29-23(24-22-13-14-27(26-22)17-8-3-1-4-9-17)20-16-19(21-12-7-15-30-21)25-28(20)18-10-5-2-6-11-18/h1-16H,(H,24,26,29). The first-order valence-corrected chi connectivity index (χ1v) is 9.40. The van der Waals surface area contributed by atoms with Gasteiger partial charge in [-0.3, -0.25) is 4.79 Å². The molecule has 0 spiro atoms. The zero-order valence-electron chi connectivity index (χ0n) is 15.8. The molecule has 0 aliphatic rings. The van der Waals surface area contributed by atoms with E-state index in [9.17, 15) is 4.79 Å². The summed E-state index contributed by atoms with van der Waals surface area (Å²) in [5.41, 5.74) is 2.63. The Labute approximate surface area is 172 Å². The second-order valence-corrected chi connectivity index (χ2v) is 6.57. The van der Waals surface area contributed by atoms with E-state index >= 15 is 0 Å². The van der Waals surface area contributed by atoms with Crippen LogP contribution in [-0.4, -0.2) is 25.5 Å². The van der Waals surface area contributed by atoms with Crippen molar-refractivity contribution in [2.75, 3.05) is 5.32 Å². The minimum Gasteiger partial charge on any atom is -0.463 e. The molecule has 5 aromatic rings. The molecule has 30 heavy (non-hydrogen) atoms. The Hall–Kier alpha value is -4.39. The summed E-state index contributed by atoms with van der Waals surface area (Å²) >= 11 is 0. The Morgan fingerprint density at radius 3 is 2.27 bits per heavy atom. The Balaban J connectivity index is 1.47. The van der Waals surface area contributed by atoms with E-state index in [1.807, 2.05) is 60.7 Å². The molecule has 1 amide bonds. The van der Waals surface area contributed by atoms with Gasteiger partial charge in [-0.2, -0.15) is 10.2 Å². The first-order chi connectivity index (χ1) is 14.8. The van der Waals surface area contributed by atoms with Crippen molar-refractivity contribution in [1.29, 1.82) is 0 Å². The van der Waals surface area contributed by atoms with Crippen LogP contribution in [0.5, 0.6) is 0 Å². The molecule has 0 fully saturated rings. The molecule has 2 aromatic carbocycles. The van der Waals surface area contributed by atoms with Crippen LogP contribution in [0.15, 0.2) is 102 Å². The Morgan fingerprint density at radius 2 is 1.57 bits per heavy atom. The lowest BCUT2D eigenvalue weighted by atomic mass is 10.2. The second kappa shape index (κ2) is 7.56. The molecule has 0 saturated carbocycles. The van der Waals surface area contributed by atoms with Gasteiger partial charge in [-0.1, -0.05) is 36.4 Å². The van der Waals surface area contributed by atoms with Crippen molar-refractivity contribution < 1.29 is 9.21 Å². The number of carbonyl (C=O) groups excluding carboxylic acids is 1. The van der Waals surface area contributed by atoms with Crippen LogP contribution in [-0.2, 0) is 0 Å². The number of hydrogen-bond acceptors (Lipinski definition) is 4. The van der Waals surface area contributed by atoms with Gasteiger partial charge < -0.3 is 9.73 Å². The van der Waals surface area contributed by atoms with Crippen LogP contribution in [0.4, 0.5) is 5.82 Å². The molecule has 7 heteroatoms. The van der Waals surface area contributed by atoms with Gasteiger partial charge in [-0.05, 0) is 36.4 Å². The minimum atomic E-state index is -0.317. The van der Waals surface area contributed by atoms with Gasteiger partial charge in [0, 0.05) is 18.3 Å². The van der Waals surface area contributed by atoms with Gasteiger partial charge in [0.15, 0.2) is 11.6 Å². The SMILES string of the molecule is O=C(Nc1ccn(-c2ccccc2)n1)c1cc(-c2ccco2)nn1-c1ccccc1. The van der Waals surface area contributed by atoms with Gasteiger partial charge >= 0.3 is 0 Å². The summed E-state index contributed by atoms with van der Waals surface area (Å²) in [5.74, 6) is 0.721. The fraction of sp³-hybridized carbons (Fsp3) is 0. The van der Waals surface area contributed by atoms with Gasteiger partial charge in [0.25, 0.3) is 5.91 Å². The van der Waals surface area contributed by atoms with Crippen LogP contribution >= 0.6 is 0 Å². The predicted octanol–water partition coefficient (Wildman–Crippen LogP) is 4.57. The van der Waals surface area contributed by atoms with Gasteiger partial charge in [0.2, 0.25) is 0 Å². The van der Waals surface area contributed by atoms with Gasteiger partial charge in [0.05, 0.1) is 17.6 Å². The number of carbonyl (C=O) groups is 1. The normalized spacial score (nSPS) is 10.8. The number of benzene rings is 2. The summed E-state index contributed by atoms with van der Waals surface area (Å²) in [7, 11) is 0. The zero-order valence-corrected chi connectivity index (χ0v) is 15.8. The monoisotopic (exact) mass is 395 g/mol. The van der Waals surface area contributed by atoms with E-state index in [0.29, 0.717) is 23.0 Å². The lowest BCUT2D eigenvalue weighted by Gasteiger charge is -2.07. The first kappa shape index (κ1) is 17.7. The lowest BCUT2D eigenvalue weighted by molar-refractivity contribution is 0.101. The molecule has 1 N–H and O–H groups in total. The van der Waals surface area contributed by atoms with Crippen molar-refractivity contribution in [3.05, 3.63) is 103 Å². The highest BCUT2D eigenvalue weighted by Gasteiger charge is 2.19. The highest BCUT2D eigenvalue weighted by Crippen LogP contribution is 2.23. The number of aromatic nitrogens is 4. The molecule has 0 aliphatic carbocycles. The summed E-state index contributed by atoms with van der Waals surface area (Å²) in [6.07, 6.45) is 3.38. The van der Waals surface area contributed by atoms with Gasteiger partial charge in [-0.15, -0.1) is 0 Å². The summed E-state index contributed by atoms with van der Waals surface area (Å²) in [6, 6.07) is 26.2. The van der Waals surface area contributed by atoms with Crippen LogP contribution < -0.4 is 5.32 Å². The minimum absolute atomic E-state index is 0.317. The summed E-state index contributed by atoms with van der Waals surface area (Å²) in [5, 5.41) is 11.9. The van der Waals surface area contributed by atoms with Crippen molar-refractivity contribution in [2.45, 2.75) is 0 Å². The number of rotatable bonds is 5. The molecule has 146 valence electrons. The van der Waals surface area contributed by atoms with E-state index < -0.39 is 0 Å². The number of nitrogens with one attached hydrogen (secondary N) is 1. The molecule has 0 aliphatic heterocycles. The molecule has 3 heterocycles. The molecule has 0 saturated heterocycles. The fourth-order valence-corrected chi connectivity index (χ4v) is 3.15. The third kappa shape index (κ3) is 3.40. The fourth-order valence-electron chi connectivity index (χ4n) is 3.15. The van der Waals surface area contributed by atoms with Crippen molar-refractivity contribution in [1.82, 2.24) is 19.6 Å². The van der Waals surface area contributed by atoms with Gasteiger partial charge in [0.1, 0.15) is 11.4 Å². The number of hydrogen-bond donors (Lipinski definition) is 1. The maximum atomic E-state index is 13.1. The average molecular weight is 395 g/mol. The van der Waals surface area contributed by atoms with Crippen LogP contribution in [0.1, 0.15) is 10.5 Å². The van der Waals surface area contributed by atoms with Crippen LogP contribution in [0.3, 0.4) is 0 Å². The lowest BCUT2D eigenvalue weighted by Crippen LogP contribution is -2.17. The molecule has 0 atom stereocenters. The third-order valence-corrected chi connectivity index (χ3v) is 4.57. The smallest absolute Gasteiger partial charge is 0.275 e. The third-order valence-electron chi connectivity index (χ3n) is 4.57. The van der Waals surface area contributed by atoms with Crippen molar-refractivity contribution in [2.24, 2.45) is 0 Å². The van der Waals surface area contributed by atoms with Crippen molar-refractivity contribution in [3.63, 3.8) is 0 Å². The topological polar surface area (TPSA) is 77.9 Å². The number of furan rings is 1. The van der Waals surface area contributed by atoms with E-state index in [1.165, 1.54) is 0 Å². The average Bonchev–Trinajstić information content (AvgIpc) is 3.55. The van der Waals surface area contributed by atoms with Crippen LogP contribution in [0, 0.1) is 0 Å². The second-order valence-electron chi connectivity index (χ2n) is 6.57. The molecule has 0 radical (unpaired) electrons. The molecule has 7 nitrogen and oxygen atoms in total. The maximum absolute atomic E-state index is 13.1. The molecule has 3 aromatic heterocycles. The van der Waals surface area contributed by atoms with Gasteiger partial charge in [-0.25, -0.2) is 9.36 Å².